The van der Waals surface area contributed by atoms with Crippen LogP contribution >= 0.6 is 0 Å². The number of rotatable bonds is 1. The minimum atomic E-state index is -0.500. The van der Waals surface area contributed by atoms with E-state index in [0.29, 0.717) is 11.3 Å². The molecule has 1 aromatic carbocycles. The van der Waals surface area contributed by atoms with Crippen molar-refractivity contribution in [2.45, 2.75) is 0 Å². The fraction of sp³-hybridized carbons (Fsp3) is 0. The van der Waals surface area contributed by atoms with Crippen LogP contribution in [0.4, 0.5) is 0 Å². The summed E-state index contributed by atoms with van der Waals surface area (Å²) in [6, 6.07) is 8.84. The van der Waals surface area contributed by atoms with E-state index in [1.165, 1.54) is 0 Å². The number of benzene rings is 1. The van der Waals surface area contributed by atoms with Gasteiger partial charge in [-0.2, -0.15) is 5.26 Å². The van der Waals surface area contributed by atoms with Crippen LogP contribution in [0, 0.1) is 11.3 Å². The first-order valence-corrected chi connectivity index (χ1v) is 4.03. The summed E-state index contributed by atoms with van der Waals surface area (Å²) < 4.78 is 0. The number of aromatic nitrogens is 1. The van der Waals surface area contributed by atoms with Crippen LogP contribution < -0.4 is 5.73 Å². The smallest absolute Gasteiger partial charge is 0.265 e. The van der Waals surface area contributed by atoms with Gasteiger partial charge in [0.1, 0.15) is 5.69 Å². The van der Waals surface area contributed by atoms with E-state index in [1.807, 2.05) is 6.07 Å². The molecule has 4 nitrogen and oxygen atoms in total. The number of hydrogen-bond donors (Lipinski definition) is 2. The molecule has 0 spiro atoms. The van der Waals surface area contributed by atoms with Crippen LogP contribution in [0.3, 0.4) is 0 Å². The Morgan fingerprint density at radius 1 is 1.43 bits per heavy atom. The van der Waals surface area contributed by atoms with E-state index in [4.69, 9.17) is 11.0 Å². The molecule has 1 aromatic heterocycles. The molecule has 0 aliphatic rings. The van der Waals surface area contributed by atoms with Crippen LogP contribution in [0.2, 0.25) is 0 Å². The first-order chi connectivity index (χ1) is 6.70. The molecule has 2 aromatic rings. The highest BCUT2D eigenvalue weighted by Crippen LogP contribution is 2.16. The Kier molecular flexibility index (Phi) is 1.72. The third-order valence-corrected chi connectivity index (χ3v) is 2.02. The zero-order valence-corrected chi connectivity index (χ0v) is 7.24. The van der Waals surface area contributed by atoms with Gasteiger partial charge in [-0.15, -0.1) is 0 Å². The van der Waals surface area contributed by atoms with Crippen molar-refractivity contribution >= 4 is 16.8 Å². The second-order valence-electron chi connectivity index (χ2n) is 2.96. The largest absolute Gasteiger partial charge is 0.364 e. The van der Waals surface area contributed by atoms with Gasteiger partial charge in [-0.3, -0.25) is 4.79 Å². The summed E-state index contributed by atoms with van der Waals surface area (Å²) in [6.45, 7) is 0. The minimum Gasteiger partial charge on any atom is -0.364 e. The molecule has 4 heteroatoms. The Morgan fingerprint density at radius 2 is 2.21 bits per heavy atom. The van der Waals surface area contributed by atoms with Crippen molar-refractivity contribution in [3.8, 4) is 6.07 Å². The predicted molar refractivity (Wildman–Crippen MR) is 51.5 cm³/mol. The van der Waals surface area contributed by atoms with Crippen molar-refractivity contribution in [3.05, 3.63) is 35.5 Å². The topological polar surface area (TPSA) is 82.7 Å². The number of nitrogens with one attached hydrogen (secondary N) is 1. The predicted octanol–water partition coefficient (Wildman–Crippen LogP) is 1.14. The molecule has 0 saturated carbocycles. The van der Waals surface area contributed by atoms with Gasteiger partial charge in [0.15, 0.2) is 0 Å². The fourth-order valence-corrected chi connectivity index (χ4v) is 1.33. The summed E-state index contributed by atoms with van der Waals surface area (Å²) in [5, 5.41) is 9.53. The van der Waals surface area contributed by atoms with Gasteiger partial charge in [-0.05, 0) is 18.2 Å². The molecular formula is C10H7N3O. The maximum absolute atomic E-state index is 10.9. The second-order valence-corrected chi connectivity index (χ2v) is 2.96. The quantitative estimate of drug-likeness (QED) is 0.698. The van der Waals surface area contributed by atoms with Crippen LogP contribution in [-0.4, -0.2) is 10.9 Å². The first-order valence-electron chi connectivity index (χ1n) is 4.03. The van der Waals surface area contributed by atoms with Crippen LogP contribution in [-0.2, 0) is 0 Å². The number of hydrogen-bond acceptors (Lipinski definition) is 2. The van der Waals surface area contributed by atoms with Crippen LogP contribution in [0.1, 0.15) is 16.1 Å². The monoisotopic (exact) mass is 185 g/mol. The van der Waals surface area contributed by atoms with Gasteiger partial charge in [0.05, 0.1) is 11.6 Å². The summed E-state index contributed by atoms with van der Waals surface area (Å²) in [5.41, 5.74) is 6.77. The number of aromatic amines is 1. The van der Waals surface area contributed by atoms with E-state index in [0.717, 1.165) is 10.9 Å². The molecule has 0 fully saturated rings. The van der Waals surface area contributed by atoms with Crippen molar-refractivity contribution in [2.75, 3.05) is 0 Å². The second kappa shape index (κ2) is 2.89. The molecule has 3 N–H and O–H groups in total. The number of carbonyl (C=O) groups excluding carboxylic acids is 1. The van der Waals surface area contributed by atoms with Gasteiger partial charge in [-0.1, -0.05) is 6.07 Å². The molecule has 0 atom stereocenters. The zero-order chi connectivity index (χ0) is 10.1. The first kappa shape index (κ1) is 8.32. The average molecular weight is 185 g/mol. The highest BCUT2D eigenvalue weighted by molar-refractivity contribution is 5.97. The normalized spacial score (nSPS) is 9.93. The summed E-state index contributed by atoms with van der Waals surface area (Å²) in [7, 11) is 0. The highest BCUT2D eigenvalue weighted by Gasteiger charge is 2.05. The Balaban J connectivity index is 2.67. The minimum absolute atomic E-state index is 0.357. The van der Waals surface area contributed by atoms with Crippen LogP contribution in [0.15, 0.2) is 24.3 Å². The van der Waals surface area contributed by atoms with E-state index in [9.17, 15) is 4.79 Å². The maximum Gasteiger partial charge on any atom is 0.265 e. The number of nitriles is 1. The lowest BCUT2D eigenvalue weighted by Crippen LogP contribution is -2.10. The lowest BCUT2D eigenvalue weighted by molar-refractivity contribution is 0.0996. The Bertz CT molecular complexity index is 548. The van der Waals surface area contributed by atoms with E-state index < -0.39 is 5.91 Å². The van der Waals surface area contributed by atoms with Gasteiger partial charge in [0.2, 0.25) is 0 Å². The Labute approximate surface area is 79.9 Å². The molecule has 1 heterocycles. The van der Waals surface area contributed by atoms with Gasteiger partial charge in [-0.25, -0.2) is 0 Å². The van der Waals surface area contributed by atoms with Gasteiger partial charge < -0.3 is 10.7 Å². The molecule has 2 rings (SSSR count). The van der Waals surface area contributed by atoms with Gasteiger partial charge in [0, 0.05) is 10.9 Å². The van der Waals surface area contributed by atoms with E-state index in [-0.39, 0.29) is 0 Å². The lowest BCUT2D eigenvalue weighted by Gasteiger charge is -1.89. The average Bonchev–Trinajstić information content (AvgIpc) is 2.59. The summed E-state index contributed by atoms with van der Waals surface area (Å²) >= 11 is 0. The molecule has 0 bridgehead atoms. The molecule has 1 amide bonds. The third kappa shape index (κ3) is 1.21. The maximum atomic E-state index is 10.9. The van der Waals surface area contributed by atoms with Gasteiger partial charge >= 0.3 is 0 Å². The number of carbonyl (C=O) groups is 1. The highest BCUT2D eigenvalue weighted by atomic mass is 16.1. The molecule has 68 valence electrons. The standard InChI is InChI=1S/C10H7N3O/c11-5-6-1-2-7-4-9(10(12)14)13-8(7)3-6/h1-4,13H,(H2,12,14). The van der Waals surface area contributed by atoms with Crippen molar-refractivity contribution < 1.29 is 4.79 Å². The fourth-order valence-electron chi connectivity index (χ4n) is 1.33. The van der Waals surface area contributed by atoms with Crippen molar-refractivity contribution in [3.63, 3.8) is 0 Å². The molecule has 0 radical (unpaired) electrons. The summed E-state index contributed by atoms with van der Waals surface area (Å²) in [4.78, 5) is 13.7. The Hall–Kier alpha value is -2.28. The van der Waals surface area contributed by atoms with E-state index >= 15 is 0 Å². The molecule has 14 heavy (non-hydrogen) atoms. The number of amides is 1. The molecule has 0 unspecified atom stereocenters. The zero-order valence-electron chi connectivity index (χ0n) is 7.24. The van der Waals surface area contributed by atoms with E-state index in [2.05, 4.69) is 4.98 Å². The molecule has 0 aliphatic carbocycles. The number of nitrogens with two attached hydrogens (primary N) is 1. The Morgan fingerprint density at radius 3 is 2.86 bits per heavy atom. The number of fused-ring (bicyclic) bond motifs is 1. The number of nitrogens with zero attached hydrogens (tertiary/aromatic N) is 1. The summed E-state index contributed by atoms with van der Waals surface area (Å²) in [6.07, 6.45) is 0. The van der Waals surface area contributed by atoms with Crippen molar-refractivity contribution in [2.24, 2.45) is 5.73 Å². The van der Waals surface area contributed by atoms with Crippen molar-refractivity contribution in [1.82, 2.24) is 4.98 Å². The van der Waals surface area contributed by atoms with Crippen molar-refractivity contribution in [1.29, 1.82) is 5.26 Å². The number of H-pyrrole nitrogens is 1. The van der Waals surface area contributed by atoms with Crippen LogP contribution in [0.5, 0.6) is 0 Å². The SMILES string of the molecule is N#Cc1ccc2cc(C(N)=O)[nH]c2c1. The van der Waals surface area contributed by atoms with E-state index in [1.54, 1.807) is 24.3 Å². The molecular weight excluding hydrogens is 178 g/mol. The van der Waals surface area contributed by atoms with Crippen LogP contribution in [0.25, 0.3) is 10.9 Å². The molecule has 0 saturated heterocycles. The third-order valence-electron chi connectivity index (χ3n) is 2.02. The number of primary amides is 1. The lowest BCUT2D eigenvalue weighted by atomic mass is 10.2. The van der Waals surface area contributed by atoms with Gasteiger partial charge in [0.25, 0.3) is 5.91 Å². The molecule has 0 aliphatic heterocycles. The summed E-state index contributed by atoms with van der Waals surface area (Å²) in [5.74, 6) is -0.500.